The Morgan fingerprint density at radius 3 is 2.47 bits per heavy atom. The molecular weight excluding hydrogens is 442 g/mol. The molecule has 3 N–H and O–H groups in total. The minimum absolute atomic E-state index is 0.0700. The Hall–Kier alpha value is -3.07. The van der Waals surface area contributed by atoms with Gasteiger partial charge in [0.15, 0.2) is 0 Å². The Balaban J connectivity index is 1.79. The van der Waals surface area contributed by atoms with Gasteiger partial charge in [0.05, 0.1) is 11.8 Å². The van der Waals surface area contributed by atoms with E-state index < -0.39 is 29.9 Å². The molecule has 1 heterocycles. The SMILES string of the molecule is CCC(CC(C)C(=O)O)C(=O)OCC(O)COc1ccc(/C=C/C(=O)N2CCCCC2)c(O)c1. The molecule has 9 nitrogen and oxygen atoms in total. The van der Waals surface area contributed by atoms with Gasteiger partial charge >= 0.3 is 11.9 Å². The summed E-state index contributed by atoms with van der Waals surface area (Å²) in [6.45, 7) is 4.35. The summed E-state index contributed by atoms with van der Waals surface area (Å²) >= 11 is 0. The highest BCUT2D eigenvalue weighted by Gasteiger charge is 2.25. The smallest absolute Gasteiger partial charge is 0.309 e. The Kier molecular flexibility index (Phi) is 10.9. The van der Waals surface area contributed by atoms with Crippen LogP contribution in [0.4, 0.5) is 0 Å². The van der Waals surface area contributed by atoms with Gasteiger partial charge in [-0.1, -0.05) is 13.8 Å². The first kappa shape index (κ1) is 27.2. The van der Waals surface area contributed by atoms with Crippen LogP contribution in [0.1, 0.15) is 51.5 Å². The van der Waals surface area contributed by atoms with E-state index in [-0.39, 0.29) is 31.3 Å². The molecule has 9 heteroatoms. The monoisotopic (exact) mass is 477 g/mol. The zero-order chi connectivity index (χ0) is 25.1. The number of piperidine rings is 1. The average Bonchev–Trinajstić information content (AvgIpc) is 2.83. The molecule has 0 aliphatic carbocycles. The van der Waals surface area contributed by atoms with Gasteiger partial charge in [-0.2, -0.15) is 0 Å². The molecule has 1 aromatic rings. The highest BCUT2D eigenvalue weighted by molar-refractivity contribution is 5.92. The first-order valence-corrected chi connectivity index (χ1v) is 11.7. The molecule has 34 heavy (non-hydrogen) atoms. The predicted molar refractivity (Wildman–Crippen MR) is 125 cm³/mol. The summed E-state index contributed by atoms with van der Waals surface area (Å²) in [5.74, 6) is -2.60. The van der Waals surface area contributed by atoms with Crippen LogP contribution in [-0.4, -0.2) is 70.5 Å². The maximum absolute atomic E-state index is 12.2. The van der Waals surface area contributed by atoms with Gasteiger partial charge in [-0.15, -0.1) is 0 Å². The molecule has 1 aromatic carbocycles. The number of hydrogen-bond acceptors (Lipinski definition) is 7. The lowest BCUT2D eigenvalue weighted by Crippen LogP contribution is -2.34. The summed E-state index contributed by atoms with van der Waals surface area (Å²) in [5.41, 5.74) is 0.466. The third kappa shape index (κ3) is 8.70. The Morgan fingerprint density at radius 1 is 1.15 bits per heavy atom. The number of nitrogens with zero attached hydrogens (tertiary/aromatic N) is 1. The molecule has 1 amide bonds. The number of amides is 1. The zero-order valence-corrected chi connectivity index (χ0v) is 19.8. The van der Waals surface area contributed by atoms with Gasteiger partial charge in [0.1, 0.15) is 30.8 Å². The Labute approximate surface area is 200 Å². The van der Waals surface area contributed by atoms with Crippen LogP contribution in [0.3, 0.4) is 0 Å². The number of benzene rings is 1. The molecule has 188 valence electrons. The van der Waals surface area contributed by atoms with E-state index in [0.29, 0.717) is 17.7 Å². The van der Waals surface area contributed by atoms with E-state index in [4.69, 9.17) is 14.6 Å². The molecule has 2 rings (SSSR count). The summed E-state index contributed by atoms with van der Waals surface area (Å²) < 4.78 is 10.6. The third-order valence-corrected chi connectivity index (χ3v) is 5.82. The van der Waals surface area contributed by atoms with Crippen LogP contribution in [0.15, 0.2) is 24.3 Å². The predicted octanol–water partition coefficient (Wildman–Crippen LogP) is 2.84. The number of aliphatic hydroxyl groups is 1. The molecule has 0 saturated carbocycles. The number of rotatable bonds is 12. The fraction of sp³-hybridized carbons (Fsp3) is 0.560. The van der Waals surface area contributed by atoms with Crippen molar-refractivity contribution >= 4 is 23.9 Å². The van der Waals surface area contributed by atoms with Crippen LogP contribution < -0.4 is 4.74 Å². The number of carboxylic acids is 1. The molecular formula is C25H35NO8. The second kappa shape index (κ2) is 13.6. The largest absolute Gasteiger partial charge is 0.507 e. The number of carboxylic acid groups (broad SMARTS) is 1. The van der Waals surface area contributed by atoms with E-state index in [2.05, 4.69) is 0 Å². The number of likely N-dealkylation sites (tertiary alicyclic amines) is 1. The van der Waals surface area contributed by atoms with Crippen molar-refractivity contribution in [1.29, 1.82) is 0 Å². The van der Waals surface area contributed by atoms with Gasteiger partial charge in [-0.3, -0.25) is 14.4 Å². The first-order valence-electron chi connectivity index (χ1n) is 11.7. The highest BCUT2D eigenvalue weighted by Crippen LogP contribution is 2.25. The molecule has 1 fully saturated rings. The number of aromatic hydroxyl groups is 1. The number of ether oxygens (including phenoxy) is 2. The fourth-order valence-electron chi connectivity index (χ4n) is 3.63. The molecule has 3 atom stereocenters. The van der Waals surface area contributed by atoms with Crippen molar-refractivity contribution in [3.05, 3.63) is 29.8 Å². The summed E-state index contributed by atoms with van der Waals surface area (Å²) in [4.78, 5) is 37.2. The fourth-order valence-corrected chi connectivity index (χ4v) is 3.63. The minimum atomic E-state index is -1.10. The zero-order valence-electron chi connectivity index (χ0n) is 19.8. The lowest BCUT2D eigenvalue weighted by molar-refractivity contribution is -0.153. The molecule has 0 radical (unpaired) electrons. The van der Waals surface area contributed by atoms with Gasteiger partial charge < -0.3 is 29.7 Å². The highest BCUT2D eigenvalue weighted by atomic mass is 16.5. The van der Waals surface area contributed by atoms with Gasteiger partial charge in [-0.25, -0.2) is 0 Å². The van der Waals surface area contributed by atoms with E-state index in [0.717, 1.165) is 32.4 Å². The molecule has 0 bridgehead atoms. The van der Waals surface area contributed by atoms with Gasteiger partial charge in [0, 0.05) is 30.8 Å². The normalized spacial score (nSPS) is 16.6. The number of esters is 1. The number of hydrogen-bond donors (Lipinski definition) is 3. The topological polar surface area (TPSA) is 134 Å². The second-order valence-corrected chi connectivity index (χ2v) is 8.61. The third-order valence-electron chi connectivity index (χ3n) is 5.82. The van der Waals surface area contributed by atoms with Gasteiger partial charge in [0.25, 0.3) is 0 Å². The van der Waals surface area contributed by atoms with Crippen LogP contribution in [0.5, 0.6) is 11.5 Å². The summed E-state index contributed by atoms with van der Waals surface area (Å²) in [6.07, 6.45) is 5.66. The van der Waals surface area contributed by atoms with Crippen LogP contribution in [0.25, 0.3) is 6.08 Å². The maximum Gasteiger partial charge on any atom is 0.309 e. The molecule has 1 aliphatic rings. The van der Waals surface area contributed by atoms with Crippen LogP contribution in [-0.2, 0) is 19.1 Å². The minimum Gasteiger partial charge on any atom is -0.507 e. The summed E-state index contributed by atoms with van der Waals surface area (Å²) in [6, 6.07) is 4.58. The van der Waals surface area contributed by atoms with E-state index in [1.54, 1.807) is 30.0 Å². The number of carbonyl (C=O) groups is 3. The lowest BCUT2D eigenvalue weighted by atomic mass is 9.94. The maximum atomic E-state index is 12.2. The van der Waals surface area contributed by atoms with Crippen molar-refractivity contribution in [2.24, 2.45) is 11.8 Å². The van der Waals surface area contributed by atoms with Crippen molar-refractivity contribution in [3.8, 4) is 11.5 Å². The number of aliphatic hydroxyl groups excluding tert-OH is 1. The first-order chi connectivity index (χ1) is 16.2. The lowest BCUT2D eigenvalue weighted by Gasteiger charge is -2.25. The van der Waals surface area contributed by atoms with E-state index in [1.165, 1.54) is 19.1 Å². The number of carbonyl (C=O) groups excluding carboxylic acids is 2. The molecule has 0 spiro atoms. The molecule has 1 saturated heterocycles. The van der Waals surface area contributed by atoms with Gasteiger partial charge in [-0.05, 0) is 50.3 Å². The average molecular weight is 478 g/mol. The summed E-state index contributed by atoms with van der Waals surface area (Å²) in [5, 5.41) is 29.3. The van der Waals surface area contributed by atoms with Crippen LogP contribution >= 0.6 is 0 Å². The van der Waals surface area contributed by atoms with Crippen molar-refractivity contribution in [2.75, 3.05) is 26.3 Å². The molecule has 1 aliphatic heterocycles. The van der Waals surface area contributed by atoms with Crippen LogP contribution in [0, 0.1) is 11.8 Å². The number of phenols is 1. The van der Waals surface area contributed by atoms with Crippen LogP contribution in [0.2, 0.25) is 0 Å². The van der Waals surface area contributed by atoms with Crippen molar-refractivity contribution in [3.63, 3.8) is 0 Å². The van der Waals surface area contributed by atoms with Crippen molar-refractivity contribution in [2.45, 2.75) is 52.1 Å². The Morgan fingerprint density at radius 2 is 1.85 bits per heavy atom. The number of aliphatic carboxylic acids is 1. The van der Waals surface area contributed by atoms with Crippen molar-refractivity contribution in [1.82, 2.24) is 4.90 Å². The Bertz CT molecular complexity index is 862. The van der Waals surface area contributed by atoms with Gasteiger partial charge in [0.2, 0.25) is 5.91 Å². The molecule has 0 aromatic heterocycles. The molecule has 3 unspecified atom stereocenters. The number of phenolic OH excluding ortho intramolecular Hbond substituents is 1. The van der Waals surface area contributed by atoms with E-state index >= 15 is 0 Å². The second-order valence-electron chi connectivity index (χ2n) is 8.61. The van der Waals surface area contributed by atoms with E-state index in [1.807, 2.05) is 0 Å². The summed E-state index contributed by atoms with van der Waals surface area (Å²) in [7, 11) is 0. The standard InChI is InChI=1S/C25H35NO8/c1-3-18(13-17(2)24(30)31)25(32)34-16-20(27)15-33-21-9-7-19(22(28)14-21)8-10-23(29)26-11-5-4-6-12-26/h7-10,14,17-18,20,27-28H,3-6,11-13,15-16H2,1-2H3,(H,30,31)/b10-8+. The van der Waals surface area contributed by atoms with E-state index in [9.17, 15) is 24.6 Å². The van der Waals surface area contributed by atoms with Crippen molar-refractivity contribution < 1.29 is 39.2 Å². The quantitative estimate of drug-likeness (QED) is 0.309.